The van der Waals surface area contributed by atoms with E-state index in [-0.39, 0.29) is 12.5 Å². The summed E-state index contributed by atoms with van der Waals surface area (Å²) in [7, 11) is 3.29. The Morgan fingerprint density at radius 2 is 2.46 bits per heavy atom. The summed E-state index contributed by atoms with van der Waals surface area (Å²) in [6, 6.07) is 0. The van der Waals surface area contributed by atoms with Crippen molar-refractivity contribution in [2.75, 3.05) is 19.0 Å². The second-order valence-electron chi connectivity index (χ2n) is 2.78. The summed E-state index contributed by atoms with van der Waals surface area (Å²) in [6.45, 7) is 1.90. The van der Waals surface area contributed by atoms with Crippen LogP contribution < -0.4 is 5.32 Å². The van der Waals surface area contributed by atoms with Gasteiger partial charge >= 0.3 is 0 Å². The van der Waals surface area contributed by atoms with Crippen molar-refractivity contribution in [2.24, 2.45) is 7.05 Å². The van der Waals surface area contributed by atoms with Gasteiger partial charge in [0.05, 0.1) is 11.4 Å². The lowest BCUT2D eigenvalue weighted by Gasteiger charge is -2.00. The Hall–Kier alpha value is -1.36. The molecular weight excluding hydrogens is 170 g/mol. The Balaban J connectivity index is 2.63. The van der Waals surface area contributed by atoms with Gasteiger partial charge in [-0.2, -0.15) is 5.10 Å². The summed E-state index contributed by atoms with van der Waals surface area (Å²) in [5.74, 6) is -0.168. The van der Waals surface area contributed by atoms with Crippen molar-refractivity contribution in [2.45, 2.75) is 6.92 Å². The average molecular weight is 183 g/mol. The summed E-state index contributed by atoms with van der Waals surface area (Å²) in [5, 5.41) is 6.77. The van der Waals surface area contributed by atoms with Crippen LogP contribution in [0.25, 0.3) is 0 Å². The number of nitrogens with zero attached hydrogens (tertiary/aromatic N) is 2. The minimum atomic E-state index is -0.168. The fourth-order valence-corrected chi connectivity index (χ4v) is 1.04. The number of anilines is 1. The predicted octanol–water partition coefficient (Wildman–Crippen LogP) is 0.313. The summed E-state index contributed by atoms with van der Waals surface area (Å²) in [6.07, 6.45) is 1.75. The van der Waals surface area contributed by atoms with Gasteiger partial charge in [0.2, 0.25) is 5.91 Å². The molecule has 1 aromatic heterocycles. The lowest BCUT2D eigenvalue weighted by molar-refractivity contribution is -0.119. The van der Waals surface area contributed by atoms with Crippen molar-refractivity contribution >= 4 is 11.6 Å². The van der Waals surface area contributed by atoms with E-state index in [4.69, 9.17) is 0 Å². The first-order chi connectivity index (χ1) is 6.13. The monoisotopic (exact) mass is 183 g/mol. The molecule has 0 aliphatic heterocycles. The molecule has 0 aliphatic rings. The minimum absolute atomic E-state index is 0.0638. The zero-order valence-corrected chi connectivity index (χ0v) is 8.00. The number of aryl methyl sites for hydroxylation is 2. The maximum atomic E-state index is 11.1. The largest absolute Gasteiger partial charge is 0.375 e. The highest BCUT2D eigenvalue weighted by atomic mass is 16.5. The van der Waals surface area contributed by atoms with Crippen LogP contribution in [0.4, 0.5) is 5.69 Å². The third-order valence-corrected chi connectivity index (χ3v) is 1.56. The zero-order valence-electron chi connectivity index (χ0n) is 8.00. The summed E-state index contributed by atoms with van der Waals surface area (Å²) in [5.41, 5.74) is 1.52. The summed E-state index contributed by atoms with van der Waals surface area (Å²) >= 11 is 0. The smallest absolute Gasteiger partial charge is 0.250 e. The van der Waals surface area contributed by atoms with Gasteiger partial charge in [0, 0.05) is 20.4 Å². The van der Waals surface area contributed by atoms with Crippen LogP contribution in [0.2, 0.25) is 0 Å². The van der Waals surface area contributed by atoms with Crippen molar-refractivity contribution in [3.63, 3.8) is 0 Å². The third-order valence-electron chi connectivity index (χ3n) is 1.56. The van der Waals surface area contributed by atoms with Crippen LogP contribution in [0.5, 0.6) is 0 Å². The highest BCUT2D eigenvalue weighted by Gasteiger charge is 2.06. The Bertz CT molecular complexity index is 306. The number of methoxy groups -OCH3 is 1. The van der Waals surface area contributed by atoms with E-state index >= 15 is 0 Å². The normalized spacial score (nSPS) is 10.1. The molecule has 5 nitrogen and oxygen atoms in total. The molecule has 0 saturated carbocycles. The van der Waals surface area contributed by atoms with Crippen molar-refractivity contribution < 1.29 is 9.53 Å². The minimum Gasteiger partial charge on any atom is -0.375 e. The molecule has 0 aromatic carbocycles. The van der Waals surface area contributed by atoms with E-state index in [1.165, 1.54) is 7.11 Å². The maximum Gasteiger partial charge on any atom is 0.250 e. The van der Waals surface area contributed by atoms with Crippen LogP contribution in [0.3, 0.4) is 0 Å². The van der Waals surface area contributed by atoms with Gasteiger partial charge in [0.15, 0.2) is 0 Å². The molecule has 1 N–H and O–H groups in total. The molecule has 5 heteroatoms. The van der Waals surface area contributed by atoms with Crippen LogP contribution in [-0.4, -0.2) is 29.4 Å². The van der Waals surface area contributed by atoms with Crippen molar-refractivity contribution in [3.8, 4) is 0 Å². The lowest BCUT2D eigenvalue weighted by atomic mass is 10.4. The number of ether oxygens (including phenoxy) is 1. The number of hydrogen-bond acceptors (Lipinski definition) is 3. The maximum absolute atomic E-state index is 11.1. The van der Waals surface area contributed by atoms with Crippen LogP contribution in [-0.2, 0) is 16.6 Å². The van der Waals surface area contributed by atoms with Crippen molar-refractivity contribution in [1.29, 1.82) is 0 Å². The molecule has 13 heavy (non-hydrogen) atoms. The highest BCUT2D eigenvalue weighted by molar-refractivity contribution is 5.92. The second kappa shape index (κ2) is 4.04. The molecule has 0 atom stereocenters. The summed E-state index contributed by atoms with van der Waals surface area (Å²) in [4.78, 5) is 11.1. The predicted molar refractivity (Wildman–Crippen MR) is 48.5 cm³/mol. The van der Waals surface area contributed by atoms with Gasteiger partial charge in [0.25, 0.3) is 0 Å². The fraction of sp³-hybridized carbons (Fsp3) is 0.500. The molecule has 1 aromatic rings. The first-order valence-electron chi connectivity index (χ1n) is 3.92. The van der Waals surface area contributed by atoms with Gasteiger partial charge in [-0.25, -0.2) is 0 Å². The molecule has 0 fully saturated rings. The molecule has 1 rings (SSSR count). The number of carbonyl (C=O) groups excluding carboxylic acids is 1. The van der Waals surface area contributed by atoms with Gasteiger partial charge in [-0.1, -0.05) is 0 Å². The zero-order chi connectivity index (χ0) is 9.84. The first-order valence-corrected chi connectivity index (χ1v) is 3.92. The van der Waals surface area contributed by atoms with Crippen molar-refractivity contribution in [3.05, 3.63) is 11.9 Å². The summed E-state index contributed by atoms with van der Waals surface area (Å²) < 4.78 is 6.33. The Morgan fingerprint density at radius 3 is 2.92 bits per heavy atom. The molecule has 0 radical (unpaired) electrons. The number of aromatic nitrogens is 2. The highest BCUT2D eigenvalue weighted by Crippen LogP contribution is 2.10. The SMILES string of the molecule is COCC(=O)Nc1cn(C)nc1C. The van der Waals surface area contributed by atoms with E-state index in [1.807, 2.05) is 6.92 Å². The number of amides is 1. The van der Waals surface area contributed by atoms with Crippen LogP contribution in [0.15, 0.2) is 6.20 Å². The quantitative estimate of drug-likeness (QED) is 0.734. The lowest BCUT2D eigenvalue weighted by Crippen LogP contribution is -2.17. The van der Waals surface area contributed by atoms with Gasteiger partial charge in [-0.05, 0) is 6.92 Å². The second-order valence-corrected chi connectivity index (χ2v) is 2.78. The van der Waals surface area contributed by atoms with E-state index in [0.717, 1.165) is 11.4 Å². The topological polar surface area (TPSA) is 56.1 Å². The standard InChI is InChI=1S/C8H13N3O2/c1-6-7(4-11(2)10-6)9-8(12)5-13-3/h4H,5H2,1-3H3,(H,9,12). The average Bonchev–Trinajstić information content (AvgIpc) is 2.30. The molecule has 1 heterocycles. The molecule has 1 amide bonds. The van der Waals surface area contributed by atoms with Gasteiger partial charge in [0.1, 0.15) is 6.61 Å². The first kappa shape index (κ1) is 9.73. The van der Waals surface area contributed by atoms with E-state index in [1.54, 1.807) is 17.9 Å². The molecule has 0 saturated heterocycles. The Morgan fingerprint density at radius 1 is 1.77 bits per heavy atom. The third kappa shape index (κ3) is 2.55. The number of hydrogen-bond donors (Lipinski definition) is 1. The Labute approximate surface area is 76.7 Å². The van der Waals surface area contributed by atoms with Crippen molar-refractivity contribution in [1.82, 2.24) is 9.78 Å². The van der Waals surface area contributed by atoms with Gasteiger partial charge < -0.3 is 10.1 Å². The number of nitrogens with one attached hydrogen (secondary N) is 1. The fourth-order valence-electron chi connectivity index (χ4n) is 1.04. The van der Waals surface area contributed by atoms with E-state index < -0.39 is 0 Å². The molecule has 0 bridgehead atoms. The van der Waals surface area contributed by atoms with Crippen LogP contribution in [0, 0.1) is 6.92 Å². The van der Waals surface area contributed by atoms with Crippen LogP contribution >= 0.6 is 0 Å². The molecular formula is C8H13N3O2. The molecule has 72 valence electrons. The number of rotatable bonds is 3. The molecule has 0 spiro atoms. The van der Waals surface area contributed by atoms with Gasteiger partial charge in [-0.15, -0.1) is 0 Å². The van der Waals surface area contributed by atoms with E-state index in [9.17, 15) is 4.79 Å². The van der Waals surface area contributed by atoms with Crippen LogP contribution in [0.1, 0.15) is 5.69 Å². The molecule has 0 unspecified atom stereocenters. The van der Waals surface area contributed by atoms with E-state index in [2.05, 4.69) is 15.2 Å². The van der Waals surface area contributed by atoms with E-state index in [0.29, 0.717) is 0 Å². The number of carbonyl (C=O) groups is 1. The van der Waals surface area contributed by atoms with Gasteiger partial charge in [-0.3, -0.25) is 9.48 Å². The Kier molecular flexibility index (Phi) is 3.02. The molecule has 0 aliphatic carbocycles.